The zero-order chi connectivity index (χ0) is 0. The Morgan fingerprint density at radius 3 is 1.00 bits per heavy atom. The Morgan fingerprint density at radius 2 is 1.00 bits per heavy atom. The zero-order valence-corrected chi connectivity index (χ0v) is 6.55. The Hall–Kier alpha value is 2.04. The van der Waals surface area contributed by atoms with Crippen LogP contribution in [-0.4, -0.2) is 0 Å². The molecule has 0 aliphatic heterocycles. The summed E-state index contributed by atoms with van der Waals surface area (Å²) in [4.78, 5) is 0. The molecule has 0 aliphatic rings. The molecule has 0 nitrogen and oxygen atoms in total. The van der Waals surface area contributed by atoms with Gasteiger partial charge in [-0.1, -0.05) is 7.43 Å². The molecule has 0 unspecified atom stereocenters. The van der Waals surface area contributed by atoms with E-state index in [0.717, 1.165) is 0 Å². The first-order valence-corrected chi connectivity index (χ1v) is 0. The Morgan fingerprint density at radius 1 is 1.00 bits per heavy atom. The SMILES string of the molecule is C.[Nb].[Ti].[V]. The van der Waals surface area contributed by atoms with Crippen molar-refractivity contribution in [2.45, 2.75) is 7.43 Å². The molecular weight excluding hydrogens is 204 g/mol. The molecule has 0 bridgehead atoms. The minimum Gasteiger partial charge on any atom is -0.0776 e. The van der Waals surface area contributed by atoms with Crippen LogP contribution in [0.3, 0.4) is 0 Å². The molecule has 0 saturated heterocycles. The molecule has 0 heterocycles. The van der Waals surface area contributed by atoms with Crippen LogP contribution in [0.15, 0.2) is 0 Å². The smallest absolute Gasteiger partial charge is 0 e. The first kappa shape index (κ1) is 36.9. The minimum absolute atomic E-state index is 0. The average Bonchev–Trinajstić information content (AvgIpc) is 0. The van der Waals surface area contributed by atoms with E-state index in [-0.39, 0.29) is 70.1 Å². The first-order chi connectivity index (χ1) is 0. The van der Waals surface area contributed by atoms with Gasteiger partial charge >= 0.3 is 0 Å². The van der Waals surface area contributed by atoms with Crippen molar-refractivity contribution in [3.8, 4) is 0 Å². The minimum atomic E-state index is 0. The van der Waals surface area contributed by atoms with Crippen molar-refractivity contribution < 1.29 is 62.7 Å². The van der Waals surface area contributed by atoms with Gasteiger partial charge in [0, 0.05) is 62.7 Å². The van der Waals surface area contributed by atoms with E-state index in [9.17, 15) is 0 Å². The van der Waals surface area contributed by atoms with Crippen molar-refractivity contribution in [3.05, 3.63) is 0 Å². The van der Waals surface area contributed by atoms with E-state index < -0.39 is 0 Å². The van der Waals surface area contributed by atoms with E-state index >= 15 is 0 Å². The molecule has 0 aromatic rings. The third-order valence-electron chi connectivity index (χ3n) is 0. The summed E-state index contributed by atoms with van der Waals surface area (Å²) in [5.74, 6) is 0. The number of hydrogen-bond donors (Lipinski definition) is 0. The van der Waals surface area contributed by atoms with E-state index in [4.69, 9.17) is 0 Å². The summed E-state index contributed by atoms with van der Waals surface area (Å²) in [5, 5.41) is 0. The Kier molecular flexibility index (Phi) is 182. The Labute approximate surface area is 69.4 Å². The van der Waals surface area contributed by atoms with E-state index in [0.29, 0.717) is 0 Å². The fraction of sp³-hybridized carbons (Fsp3) is 1.00. The van der Waals surface area contributed by atoms with Crippen LogP contribution in [0.2, 0.25) is 0 Å². The molecule has 0 saturated carbocycles. The maximum absolute atomic E-state index is 0. The van der Waals surface area contributed by atoms with E-state index in [1.807, 2.05) is 0 Å². The summed E-state index contributed by atoms with van der Waals surface area (Å²) in [6.07, 6.45) is 0. The van der Waals surface area contributed by atoms with E-state index in [2.05, 4.69) is 0 Å². The van der Waals surface area contributed by atoms with Crippen molar-refractivity contribution in [2.75, 3.05) is 0 Å². The van der Waals surface area contributed by atoms with Gasteiger partial charge in [0.1, 0.15) is 0 Å². The monoisotopic (exact) mass is 208 g/mol. The fourth-order valence-corrected chi connectivity index (χ4v) is 0. The molecule has 0 amide bonds. The molecule has 0 aliphatic carbocycles. The molecule has 0 spiro atoms. The van der Waals surface area contributed by atoms with Crippen LogP contribution in [-0.2, 0) is 62.7 Å². The van der Waals surface area contributed by atoms with Crippen LogP contribution in [0.5, 0.6) is 0 Å². The third-order valence-corrected chi connectivity index (χ3v) is 0. The second-order valence-corrected chi connectivity index (χ2v) is 0. The van der Waals surface area contributed by atoms with Gasteiger partial charge in [-0.2, -0.15) is 0 Å². The van der Waals surface area contributed by atoms with Crippen LogP contribution >= 0.6 is 0 Å². The topological polar surface area (TPSA) is 0 Å². The maximum Gasteiger partial charge on any atom is 0 e. The Balaban J connectivity index is 0. The van der Waals surface area contributed by atoms with Gasteiger partial charge in [0.2, 0.25) is 0 Å². The molecule has 0 aromatic carbocycles. The number of hydrogen-bond acceptors (Lipinski definition) is 0. The van der Waals surface area contributed by atoms with Crippen molar-refractivity contribution >= 4 is 0 Å². The summed E-state index contributed by atoms with van der Waals surface area (Å²) in [6, 6.07) is 0. The quantitative estimate of drug-likeness (QED) is 0.512. The standard InChI is InChI=1S/CH4.Nb.Ti.V/h1H4;;;. The van der Waals surface area contributed by atoms with Crippen LogP contribution in [0.1, 0.15) is 7.43 Å². The molecule has 0 atom stereocenters. The normalized spacial score (nSPS) is 0. The Bertz CT molecular complexity index is 8.00. The van der Waals surface area contributed by atoms with Crippen LogP contribution in [0.4, 0.5) is 0 Å². The van der Waals surface area contributed by atoms with Gasteiger partial charge in [0.05, 0.1) is 0 Å². The summed E-state index contributed by atoms with van der Waals surface area (Å²) in [7, 11) is 0. The summed E-state index contributed by atoms with van der Waals surface area (Å²) in [6.45, 7) is 0. The molecule has 0 fully saturated rings. The average molecular weight is 208 g/mol. The molecule has 0 aromatic heterocycles. The predicted octanol–water partition coefficient (Wildman–Crippen LogP) is 0.629. The maximum atomic E-state index is 0. The van der Waals surface area contributed by atoms with Crippen LogP contribution in [0.25, 0.3) is 0 Å². The molecule has 0 rings (SSSR count). The molecule has 22 valence electrons. The predicted molar refractivity (Wildman–Crippen MR) is 6.73 cm³/mol. The van der Waals surface area contributed by atoms with Crippen molar-refractivity contribution in [2.24, 2.45) is 0 Å². The second-order valence-electron chi connectivity index (χ2n) is 0. The second kappa shape index (κ2) is 19.8. The van der Waals surface area contributed by atoms with Gasteiger partial charge in [0.15, 0.2) is 0 Å². The van der Waals surface area contributed by atoms with Gasteiger partial charge < -0.3 is 0 Å². The molecular formula is CH4NbTiV. The zero-order valence-electron chi connectivity index (χ0n) is 1.39. The van der Waals surface area contributed by atoms with Gasteiger partial charge in [-0.15, -0.1) is 0 Å². The molecule has 0 N–H and O–H groups in total. The summed E-state index contributed by atoms with van der Waals surface area (Å²) in [5.41, 5.74) is 0. The van der Waals surface area contributed by atoms with Crippen molar-refractivity contribution in [3.63, 3.8) is 0 Å². The molecule has 2 radical (unpaired) electrons. The van der Waals surface area contributed by atoms with Gasteiger partial charge in [-0.3, -0.25) is 0 Å². The van der Waals surface area contributed by atoms with Gasteiger partial charge in [-0.05, 0) is 0 Å². The van der Waals surface area contributed by atoms with Crippen molar-refractivity contribution in [1.29, 1.82) is 0 Å². The summed E-state index contributed by atoms with van der Waals surface area (Å²) >= 11 is 0. The third kappa shape index (κ3) is 8.97. The molecule has 3 heteroatoms. The first-order valence-electron chi connectivity index (χ1n) is 0. The van der Waals surface area contributed by atoms with Crippen LogP contribution < -0.4 is 0 Å². The summed E-state index contributed by atoms with van der Waals surface area (Å²) < 4.78 is 0. The van der Waals surface area contributed by atoms with Crippen LogP contribution in [0, 0.1) is 0 Å². The van der Waals surface area contributed by atoms with E-state index in [1.165, 1.54) is 0 Å². The van der Waals surface area contributed by atoms with Gasteiger partial charge in [0.25, 0.3) is 0 Å². The largest absolute Gasteiger partial charge is 0.0776 e. The van der Waals surface area contributed by atoms with Gasteiger partial charge in [-0.25, -0.2) is 0 Å². The molecule has 4 heavy (non-hydrogen) atoms. The van der Waals surface area contributed by atoms with Crippen molar-refractivity contribution in [1.82, 2.24) is 0 Å². The fourth-order valence-electron chi connectivity index (χ4n) is 0. The number of rotatable bonds is 0. The van der Waals surface area contributed by atoms with E-state index in [1.54, 1.807) is 0 Å².